The van der Waals surface area contributed by atoms with Crippen LogP contribution in [0, 0.1) is 0 Å². The van der Waals surface area contributed by atoms with Gasteiger partial charge >= 0.3 is 0 Å². The molecule has 0 aliphatic carbocycles. The number of piperazine rings is 1. The lowest BCUT2D eigenvalue weighted by molar-refractivity contribution is -0.902. The molecule has 2 heterocycles. The molecule has 6 heteroatoms. The summed E-state index contributed by atoms with van der Waals surface area (Å²) in [6.45, 7) is 11.1. The number of likely N-dealkylation sites (N-methyl/N-ethyl adjacent to an activating group) is 1. The van der Waals surface area contributed by atoms with Gasteiger partial charge in [0, 0.05) is 0 Å². The number of hydrogen-bond acceptors (Lipinski definition) is 2. The minimum absolute atomic E-state index is 0.118. The maximum Gasteiger partial charge on any atom is 0.258 e. The third-order valence-electron chi connectivity index (χ3n) is 5.28. The summed E-state index contributed by atoms with van der Waals surface area (Å²) in [5, 5.41) is 5.40. The van der Waals surface area contributed by atoms with E-state index in [4.69, 9.17) is 16.7 Å². The first-order chi connectivity index (χ1) is 12.6. The van der Waals surface area contributed by atoms with Gasteiger partial charge in [-0.1, -0.05) is 37.6 Å². The molecule has 5 nitrogen and oxygen atoms in total. The minimum atomic E-state index is 0.118. The van der Waals surface area contributed by atoms with Gasteiger partial charge in [0.05, 0.1) is 60.4 Å². The van der Waals surface area contributed by atoms with Gasteiger partial charge in [-0.3, -0.25) is 4.79 Å². The van der Waals surface area contributed by atoms with Crippen molar-refractivity contribution in [3.8, 4) is 5.69 Å². The van der Waals surface area contributed by atoms with E-state index in [-0.39, 0.29) is 5.91 Å². The number of aryl methyl sites for hydroxylation is 1. The zero-order valence-electron chi connectivity index (χ0n) is 15.9. The van der Waals surface area contributed by atoms with Crippen molar-refractivity contribution in [1.82, 2.24) is 14.7 Å². The van der Waals surface area contributed by atoms with Gasteiger partial charge in [-0.25, -0.2) is 4.68 Å². The third-order valence-corrected chi connectivity index (χ3v) is 5.60. The Balaban J connectivity index is 1.99. The lowest BCUT2D eigenvalue weighted by atomic mass is 10.1. The lowest BCUT2D eigenvalue weighted by Gasteiger charge is -2.31. The molecule has 0 radical (unpaired) electrons. The first-order valence-electron chi connectivity index (χ1n) is 9.59. The van der Waals surface area contributed by atoms with Crippen LogP contribution >= 0.6 is 11.6 Å². The van der Waals surface area contributed by atoms with Crippen molar-refractivity contribution >= 4 is 17.5 Å². The Morgan fingerprint density at radius 2 is 1.85 bits per heavy atom. The molecule has 0 bridgehead atoms. The Labute approximate surface area is 160 Å². The molecule has 1 saturated heterocycles. The number of rotatable bonds is 5. The normalized spacial score (nSPS) is 15.5. The molecule has 1 fully saturated rings. The number of nitrogens with zero attached hydrogens (tertiary/aromatic N) is 3. The van der Waals surface area contributed by atoms with Crippen LogP contribution in [0.1, 0.15) is 42.5 Å². The van der Waals surface area contributed by atoms with E-state index in [1.165, 1.54) is 0 Å². The minimum Gasteiger partial charge on any atom is -0.332 e. The molecule has 0 saturated carbocycles. The fourth-order valence-corrected chi connectivity index (χ4v) is 3.90. The number of para-hydroxylation sites is 1. The van der Waals surface area contributed by atoms with Gasteiger partial charge in [-0.15, -0.1) is 0 Å². The standard InChI is InChI=1S/C20H27ClN4O/c1-4-16-19(20(26)24-13-11-23(6-3)12-14-24)17(5-2)25(22-16)18-10-8-7-9-15(18)21/h7-10H,4-6,11-14H2,1-3H3/p+1. The number of aromatic nitrogens is 2. The Morgan fingerprint density at radius 3 is 2.42 bits per heavy atom. The van der Waals surface area contributed by atoms with Crippen molar-refractivity contribution in [2.24, 2.45) is 0 Å². The van der Waals surface area contributed by atoms with Crippen molar-refractivity contribution in [1.29, 1.82) is 0 Å². The van der Waals surface area contributed by atoms with E-state index in [1.807, 2.05) is 33.8 Å². The summed E-state index contributed by atoms with van der Waals surface area (Å²) in [6, 6.07) is 7.66. The molecule has 1 amide bonds. The third kappa shape index (κ3) is 3.51. The molecule has 140 valence electrons. The van der Waals surface area contributed by atoms with Crippen molar-refractivity contribution in [2.45, 2.75) is 33.6 Å². The molecule has 1 aliphatic rings. The number of carbonyl (C=O) groups is 1. The average Bonchev–Trinajstić information content (AvgIpc) is 3.06. The SMILES string of the molecule is CCc1nn(-c2ccccc2Cl)c(CC)c1C(=O)N1CC[NH+](CC)CC1. The molecule has 3 rings (SSSR count). The second kappa shape index (κ2) is 8.23. The highest BCUT2D eigenvalue weighted by Gasteiger charge is 2.29. The average molecular weight is 376 g/mol. The van der Waals surface area contributed by atoms with Gasteiger partial charge in [0.15, 0.2) is 0 Å². The smallest absolute Gasteiger partial charge is 0.258 e. The molecule has 26 heavy (non-hydrogen) atoms. The largest absolute Gasteiger partial charge is 0.332 e. The van der Waals surface area contributed by atoms with Crippen LogP contribution in [0.4, 0.5) is 0 Å². The van der Waals surface area contributed by atoms with Crippen molar-refractivity contribution in [2.75, 3.05) is 32.7 Å². The predicted octanol–water partition coefficient (Wildman–Crippen LogP) is 2.01. The highest BCUT2D eigenvalue weighted by atomic mass is 35.5. The fourth-order valence-electron chi connectivity index (χ4n) is 3.68. The highest BCUT2D eigenvalue weighted by Crippen LogP contribution is 2.26. The summed E-state index contributed by atoms with van der Waals surface area (Å²) < 4.78 is 1.86. The first kappa shape index (κ1) is 18.9. The van der Waals surface area contributed by atoms with Gasteiger partial charge < -0.3 is 9.80 Å². The van der Waals surface area contributed by atoms with Crippen molar-refractivity contribution in [3.05, 3.63) is 46.2 Å². The van der Waals surface area contributed by atoms with Gasteiger partial charge in [0.2, 0.25) is 0 Å². The molecule has 1 aromatic carbocycles. The highest BCUT2D eigenvalue weighted by molar-refractivity contribution is 6.32. The second-order valence-electron chi connectivity index (χ2n) is 6.73. The maximum atomic E-state index is 13.3. The molecule has 0 unspecified atom stereocenters. The van der Waals surface area contributed by atoms with Gasteiger partial charge in [-0.2, -0.15) is 5.10 Å². The quantitative estimate of drug-likeness (QED) is 0.868. The van der Waals surface area contributed by atoms with Crippen LogP contribution in [-0.4, -0.2) is 53.3 Å². The van der Waals surface area contributed by atoms with E-state index in [0.29, 0.717) is 5.02 Å². The molecular weight excluding hydrogens is 348 g/mol. The number of quaternary nitrogens is 1. The summed E-state index contributed by atoms with van der Waals surface area (Å²) in [5.74, 6) is 0.118. The summed E-state index contributed by atoms with van der Waals surface area (Å²) in [5.41, 5.74) is 3.41. The van der Waals surface area contributed by atoms with E-state index in [9.17, 15) is 4.79 Å². The van der Waals surface area contributed by atoms with E-state index in [1.54, 1.807) is 4.90 Å². The molecule has 0 atom stereocenters. The van der Waals surface area contributed by atoms with Crippen molar-refractivity contribution < 1.29 is 9.69 Å². The van der Waals surface area contributed by atoms with Crippen LogP contribution in [0.3, 0.4) is 0 Å². The molecule has 2 aromatic rings. The monoisotopic (exact) mass is 375 g/mol. The van der Waals surface area contributed by atoms with Crippen LogP contribution in [0.5, 0.6) is 0 Å². The molecule has 0 spiro atoms. The second-order valence-corrected chi connectivity index (χ2v) is 7.14. The molecule has 1 N–H and O–H groups in total. The molecule has 1 aliphatic heterocycles. The first-order valence-corrected chi connectivity index (χ1v) is 9.96. The number of hydrogen-bond donors (Lipinski definition) is 1. The Kier molecular flexibility index (Phi) is 5.99. The van der Waals surface area contributed by atoms with Crippen molar-refractivity contribution in [3.63, 3.8) is 0 Å². The summed E-state index contributed by atoms with van der Waals surface area (Å²) >= 11 is 6.39. The Morgan fingerprint density at radius 1 is 1.15 bits per heavy atom. The molecule has 1 aromatic heterocycles. The van der Waals surface area contributed by atoms with E-state index in [0.717, 1.165) is 68.2 Å². The number of benzene rings is 1. The Hall–Kier alpha value is -1.85. The van der Waals surface area contributed by atoms with Crippen LogP contribution in [0.2, 0.25) is 5.02 Å². The van der Waals surface area contributed by atoms with Gasteiger partial charge in [0.25, 0.3) is 5.91 Å². The summed E-state index contributed by atoms with van der Waals surface area (Å²) in [7, 11) is 0. The van der Waals surface area contributed by atoms with E-state index < -0.39 is 0 Å². The number of halogens is 1. The summed E-state index contributed by atoms with van der Waals surface area (Å²) in [4.78, 5) is 16.9. The Bertz CT molecular complexity index is 778. The van der Waals surface area contributed by atoms with Gasteiger partial charge in [-0.05, 0) is 31.9 Å². The van der Waals surface area contributed by atoms with Crippen LogP contribution in [-0.2, 0) is 12.8 Å². The van der Waals surface area contributed by atoms with E-state index in [2.05, 4.69) is 20.8 Å². The number of amides is 1. The van der Waals surface area contributed by atoms with E-state index >= 15 is 0 Å². The topological polar surface area (TPSA) is 42.6 Å². The lowest BCUT2D eigenvalue weighted by Crippen LogP contribution is -3.14. The number of nitrogens with one attached hydrogen (secondary N) is 1. The zero-order chi connectivity index (χ0) is 18.7. The molecular formula is C20H28ClN4O+. The number of carbonyl (C=O) groups excluding carboxylic acids is 1. The van der Waals surface area contributed by atoms with Crippen LogP contribution < -0.4 is 4.90 Å². The van der Waals surface area contributed by atoms with Gasteiger partial charge in [0.1, 0.15) is 0 Å². The maximum absolute atomic E-state index is 13.3. The van der Waals surface area contributed by atoms with Crippen LogP contribution in [0.25, 0.3) is 5.69 Å². The van der Waals surface area contributed by atoms with Crippen LogP contribution in [0.15, 0.2) is 24.3 Å². The fraction of sp³-hybridized carbons (Fsp3) is 0.500. The summed E-state index contributed by atoms with van der Waals surface area (Å²) in [6.07, 6.45) is 1.46. The predicted molar refractivity (Wildman–Crippen MR) is 104 cm³/mol. The zero-order valence-corrected chi connectivity index (χ0v) is 16.6.